The minimum Gasteiger partial charge on any atom is -0.369 e. The zero-order valence-electron chi connectivity index (χ0n) is 14.3. The van der Waals surface area contributed by atoms with Crippen LogP contribution < -0.4 is 10.5 Å². The second-order valence-corrected chi connectivity index (χ2v) is 8.20. The van der Waals surface area contributed by atoms with Crippen LogP contribution in [-0.2, 0) is 10.0 Å². The highest BCUT2D eigenvalue weighted by molar-refractivity contribution is 7.89. The zero-order chi connectivity index (χ0) is 18.3. The van der Waals surface area contributed by atoms with E-state index in [9.17, 15) is 13.2 Å². The molecule has 0 bridgehead atoms. The minimum atomic E-state index is -3.66. The molecule has 4 rings (SSSR count). The van der Waals surface area contributed by atoms with Crippen molar-refractivity contribution in [3.05, 3.63) is 58.8 Å². The number of aryl methyl sites for hydroxylation is 1. The molecular formula is C17H19N5O3S. The van der Waals surface area contributed by atoms with Crippen LogP contribution in [0.5, 0.6) is 0 Å². The molecule has 9 heteroatoms. The molecular weight excluding hydrogens is 354 g/mol. The molecule has 136 valence electrons. The van der Waals surface area contributed by atoms with Crippen molar-refractivity contribution in [3.63, 3.8) is 0 Å². The Hall–Kier alpha value is -2.65. The molecule has 1 fully saturated rings. The third kappa shape index (κ3) is 2.78. The second-order valence-electron chi connectivity index (χ2n) is 6.26. The molecule has 1 aliphatic heterocycles. The Morgan fingerprint density at radius 1 is 1.08 bits per heavy atom. The fraction of sp³-hybridized carbons (Fsp3) is 0.294. The predicted octanol–water partition coefficient (Wildman–Crippen LogP) is 0.842. The van der Waals surface area contributed by atoms with Gasteiger partial charge in [0.15, 0.2) is 0 Å². The van der Waals surface area contributed by atoms with Crippen LogP contribution in [0.25, 0.3) is 5.52 Å². The molecule has 2 aromatic heterocycles. The van der Waals surface area contributed by atoms with Crippen LogP contribution in [0, 0.1) is 6.92 Å². The SMILES string of the molecule is Cc1n[nH]c(=O)c2cc(S(=O)(=O)N3CCN(c4ccccc4)CC3)cn12. The van der Waals surface area contributed by atoms with Crippen molar-refractivity contribution < 1.29 is 8.42 Å². The van der Waals surface area contributed by atoms with Gasteiger partial charge in [0.2, 0.25) is 10.0 Å². The molecule has 0 spiro atoms. The monoisotopic (exact) mass is 373 g/mol. The number of anilines is 1. The Balaban J connectivity index is 1.59. The van der Waals surface area contributed by atoms with E-state index in [0.29, 0.717) is 32.0 Å². The zero-order valence-corrected chi connectivity index (χ0v) is 15.1. The molecule has 1 aromatic carbocycles. The second kappa shape index (κ2) is 6.26. The highest BCUT2D eigenvalue weighted by Crippen LogP contribution is 2.22. The van der Waals surface area contributed by atoms with Gasteiger partial charge in [0.1, 0.15) is 16.2 Å². The summed E-state index contributed by atoms with van der Waals surface area (Å²) in [5.74, 6) is 0.523. The van der Waals surface area contributed by atoms with Gasteiger partial charge >= 0.3 is 0 Å². The number of nitrogens with one attached hydrogen (secondary N) is 1. The van der Waals surface area contributed by atoms with Crippen molar-refractivity contribution in [2.24, 2.45) is 0 Å². The van der Waals surface area contributed by atoms with Crippen molar-refractivity contribution >= 4 is 21.2 Å². The number of hydrogen-bond acceptors (Lipinski definition) is 5. The highest BCUT2D eigenvalue weighted by Gasteiger charge is 2.30. The predicted molar refractivity (Wildman–Crippen MR) is 98.0 cm³/mol. The standard InChI is InChI=1S/C17H19N5O3S/c1-13-18-19-17(23)16-11-15(12-22(13)16)26(24,25)21-9-7-20(8-10-21)14-5-3-2-4-6-14/h2-6,11-12H,7-10H2,1H3,(H,19,23). The molecule has 8 nitrogen and oxygen atoms in total. The molecule has 3 aromatic rings. The van der Waals surface area contributed by atoms with Crippen LogP contribution in [0.3, 0.4) is 0 Å². The molecule has 3 heterocycles. The number of rotatable bonds is 3. The molecule has 26 heavy (non-hydrogen) atoms. The Morgan fingerprint density at radius 3 is 2.42 bits per heavy atom. The number of piperazine rings is 1. The van der Waals surface area contributed by atoms with Crippen LogP contribution in [0.1, 0.15) is 5.82 Å². The third-order valence-corrected chi connectivity index (χ3v) is 6.56. The maximum Gasteiger partial charge on any atom is 0.288 e. The highest BCUT2D eigenvalue weighted by atomic mass is 32.2. The number of fused-ring (bicyclic) bond motifs is 1. The first-order valence-corrected chi connectivity index (χ1v) is 9.78. The molecule has 0 unspecified atom stereocenters. The molecule has 0 saturated carbocycles. The van der Waals surface area contributed by atoms with Crippen LogP contribution in [-0.4, -0.2) is 53.5 Å². The lowest BCUT2D eigenvalue weighted by Crippen LogP contribution is -2.48. The van der Waals surface area contributed by atoms with E-state index in [1.54, 1.807) is 6.92 Å². The van der Waals surface area contributed by atoms with Gasteiger partial charge in [0.05, 0.1) is 0 Å². The van der Waals surface area contributed by atoms with E-state index in [2.05, 4.69) is 15.1 Å². The maximum absolute atomic E-state index is 13.0. The molecule has 0 atom stereocenters. The van der Waals surface area contributed by atoms with E-state index in [1.165, 1.54) is 21.0 Å². The van der Waals surface area contributed by atoms with Crippen molar-refractivity contribution in [3.8, 4) is 0 Å². The number of hydrogen-bond donors (Lipinski definition) is 1. The Bertz CT molecular complexity index is 1100. The summed E-state index contributed by atoms with van der Waals surface area (Å²) >= 11 is 0. The van der Waals surface area contributed by atoms with E-state index >= 15 is 0 Å². The lowest BCUT2D eigenvalue weighted by atomic mass is 10.2. The first-order chi connectivity index (χ1) is 12.5. The minimum absolute atomic E-state index is 0.118. The summed E-state index contributed by atoms with van der Waals surface area (Å²) in [5, 5.41) is 6.24. The van der Waals surface area contributed by atoms with Gasteiger partial charge < -0.3 is 4.90 Å². The van der Waals surface area contributed by atoms with Crippen molar-refractivity contribution in [1.82, 2.24) is 18.9 Å². The Kier molecular flexibility index (Phi) is 4.04. The first-order valence-electron chi connectivity index (χ1n) is 8.34. The molecule has 0 radical (unpaired) electrons. The summed E-state index contributed by atoms with van der Waals surface area (Å²) in [6.07, 6.45) is 1.46. The average molecular weight is 373 g/mol. The van der Waals surface area contributed by atoms with E-state index in [1.807, 2.05) is 30.3 Å². The topological polar surface area (TPSA) is 90.8 Å². The summed E-state index contributed by atoms with van der Waals surface area (Å²) in [6, 6.07) is 11.4. The number of aromatic nitrogens is 3. The quantitative estimate of drug-likeness (QED) is 0.735. The van der Waals surface area contributed by atoms with Crippen molar-refractivity contribution in [2.45, 2.75) is 11.8 Å². The van der Waals surface area contributed by atoms with E-state index in [4.69, 9.17) is 0 Å². The molecule has 1 saturated heterocycles. The summed E-state index contributed by atoms with van der Waals surface area (Å²) in [5.41, 5.74) is 0.956. The number of aromatic amines is 1. The van der Waals surface area contributed by atoms with Crippen LogP contribution >= 0.6 is 0 Å². The van der Waals surface area contributed by atoms with Gasteiger partial charge in [-0.25, -0.2) is 13.5 Å². The van der Waals surface area contributed by atoms with Crippen LogP contribution in [0.15, 0.2) is 52.3 Å². The molecule has 1 N–H and O–H groups in total. The van der Waals surface area contributed by atoms with E-state index in [-0.39, 0.29) is 10.4 Å². The van der Waals surface area contributed by atoms with Gasteiger partial charge in [-0.2, -0.15) is 9.40 Å². The fourth-order valence-electron chi connectivity index (χ4n) is 3.24. The first kappa shape index (κ1) is 16.8. The van der Waals surface area contributed by atoms with Crippen molar-refractivity contribution in [2.75, 3.05) is 31.1 Å². The summed E-state index contributed by atoms with van der Waals surface area (Å²) in [7, 11) is -3.66. The molecule has 1 aliphatic rings. The number of para-hydroxylation sites is 1. The van der Waals surface area contributed by atoms with Crippen molar-refractivity contribution in [1.29, 1.82) is 0 Å². The van der Waals surface area contributed by atoms with Gasteiger partial charge in [-0.3, -0.25) is 9.20 Å². The van der Waals surface area contributed by atoms with E-state index < -0.39 is 15.6 Å². The van der Waals surface area contributed by atoms with Gasteiger partial charge in [-0.15, -0.1) is 0 Å². The van der Waals surface area contributed by atoms with Crippen LogP contribution in [0.2, 0.25) is 0 Å². The molecule has 0 aliphatic carbocycles. The third-order valence-electron chi connectivity index (χ3n) is 4.69. The van der Waals surface area contributed by atoms with Gasteiger partial charge in [0.25, 0.3) is 5.56 Å². The van der Waals surface area contributed by atoms with Gasteiger partial charge in [0, 0.05) is 38.1 Å². The smallest absolute Gasteiger partial charge is 0.288 e. The number of H-pyrrole nitrogens is 1. The lowest BCUT2D eigenvalue weighted by Gasteiger charge is -2.35. The number of nitrogens with zero attached hydrogens (tertiary/aromatic N) is 4. The van der Waals surface area contributed by atoms with Crippen LogP contribution in [0.4, 0.5) is 5.69 Å². The summed E-state index contributed by atoms with van der Waals surface area (Å²) in [4.78, 5) is 14.2. The summed E-state index contributed by atoms with van der Waals surface area (Å²) in [6.45, 7) is 3.75. The lowest BCUT2D eigenvalue weighted by molar-refractivity contribution is 0.385. The summed E-state index contributed by atoms with van der Waals surface area (Å²) < 4.78 is 28.9. The van der Waals surface area contributed by atoms with Gasteiger partial charge in [-0.05, 0) is 25.1 Å². The molecule has 0 amide bonds. The largest absolute Gasteiger partial charge is 0.369 e. The Labute approximate surface area is 150 Å². The maximum atomic E-state index is 13.0. The van der Waals surface area contributed by atoms with E-state index in [0.717, 1.165) is 5.69 Å². The fourth-order valence-corrected chi connectivity index (χ4v) is 4.68. The number of benzene rings is 1. The average Bonchev–Trinajstić information content (AvgIpc) is 3.13. The normalized spacial score (nSPS) is 16.3. The Morgan fingerprint density at radius 2 is 1.77 bits per heavy atom. The van der Waals surface area contributed by atoms with Gasteiger partial charge in [-0.1, -0.05) is 18.2 Å². The number of sulfonamides is 1.